The number of carbonyl (C=O) groups is 1. The van der Waals surface area contributed by atoms with Gasteiger partial charge >= 0.3 is 12.6 Å². The molecule has 2 N–H and O–H groups in total. The Kier molecular flexibility index (Phi) is 6.36. The smallest absolute Gasteiger partial charge is 0.387 e. The van der Waals surface area contributed by atoms with Crippen molar-refractivity contribution < 1.29 is 23.4 Å². The number of benzene rings is 1. The van der Waals surface area contributed by atoms with E-state index in [4.69, 9.17) is 0 Å². The maximum atomic E-state index is 12.3. The molecule has 2 amide bonds. The number of aliphatic hydroxyl groups excluding tert-OH is 1. The lowest BCUT2D eigenvalue weighted by Gasteiger charge is -2.19. The second-order valence-corrected chi connectivity index (χ2v) is 4.85. The van der Waals surface area contributed by atoms with Crippen LogP contribution in [0.25, 0.3) is 0 Å². The number of anilines is 1. The van der Waals surface area contributed by atoms with Gasteiger partial charge in [0.25, 0.3) is 0 Å². The first-order valence-electron chi connectivity index (χ1n) is 6.55. The fourth-order valence-electron chi connectivity index (χ4n) is 1.60. The van der Waals surface area contributed by atoms with Gasteiger partial charge in [0.15, 0.2) is 0 Å². The molecule has 0 aromatic heterocycles. The highest BCUT2D eigenvalue weighted by Gasteiger charge is 2.12. The summed E-state index contributed by atoms with van der Waals surface area (Å²) in [5.74, 6) is 0.0226. The maximum Gasteiger partial charge on any atom is 0.387 e. The number of carbonyl (C=O) groups excluding carboxylic acids is 1. The van der Waals surface area contributed by atoms with E-state index in [1.54, 1.807) is 33.0 Å². The largest absolute Gasteiger partial charge is 0.434 e. The van der Waals surface area contributed by atoms with Crippen LogP contribution < -0.4 is 10.1 Å². The minimum atomic E-state index is -2.91. The van der Waals surface area contributed by atoms with E-state index in [0.717, 1.165) is 0 Å². The van der Waals surface area contributed by atoms with Gasteiger partial charge in [-0.15, -0.1) is 0 Å². The third kappa shape index (κ3) is 5.95. The van der Waals surface area contributed by atoms with Gasteiger partial charge < -0.3 is 20.1 Å². The summed E-state index contributed by atoms with van der Waals surface area (Å²) in [5.41, 5.74) is 0.918. The lowest BCUT2D eigenvalue weighted by molar-refractivity contribution is -0.0502. The molecule has 0 radical (unpaired) electrons. The summed E-state index contributed by atoms with van der Waals surface area (Å²) in [6, 6.07) is 4.15. The number of alkyl halides is 2. The predicted molar refractivity (Wildman–Crippen MR) is 75.8 cm³/mol. The number of urea groups is 1. The van der Waals surface area contributed by atoms with Crippen LogP contribution in [0.5, 0.6) is 5.75 Å². The highest BCUT2D eigenvalue weighted by atomic mass is 19.3. The molecule has 0 saturated heterocycles. The molecule has 0 fully saturated rings. The van der Waals surface area contributed by atoms with Crippen molar-refractivity contribution in [3.8, 4) is 5.75 Å². The first-order chi connectivity index (χ1) is 9.79. The van der Waals surface area contributed by atoms with Crippen LogP contribution in [-0.2, 0) is 0 Å². The van der Waals surface area contributed by atoms with Crippen LogP contribution in [0.15, 0.2) is 18.2 Å². The zero-order valence-corrected chi connectivity index (χ0v) is 12.3. The summed E-state index contributed by atoms with van der Waals surface area (Å²) in [6.07, 6.45) is -0.0388. The van der Waals surface area contributed by atoms with E-state index in [-0.39, 0.29) is 11.8 Å². The van der Waals surface area contributed by atoms with Gasteiger partial charge in [-0.25, -0.2) is 4.79 Å². The lowest BCUT2D eigenvalue weighted by Crippen LogP contribution is -2.33. The standard InChI is InChI=1S/C14H20F2N2O3/c1-9-4-5-11(8-12(9)21-13(15)16)17-14(20)18(3)7-6-10(2)19/h4-5,8,10,13,19H,6-7H2,1-3H3,(H,17,20). The van der Waals surface area contributed by atoms with Crippen LogP contribution in [0.4, 0.5) is 19.3 Å². The van der Waals surface area contributed by atoms with Gasteiger partial charge in [-0.3, -0.25) is 0 Å². The summed E-state index contributed by atoms with van der Waals surface area (Å²) >= 11 is 0. The monoisotopic (exact) mass is 302 g/mol. The highest BCUT2D eigenvalue weighted by Crippen LogP contribution is 2.24. The van der Waals surface area contributed by atoms with E-state index in [1.165, 1.54) is 11.0 Å². The Morgan fingerprint density at radius 1 is 1.48 bits per heavy atom. The van der Waals surface area contributed by atoms with Crippen LogP contribution in [-0.4, -0.2) is 42.3 Å². The number of rotatable bonds is 6. The molecule has 0 aliphatic carbocycles. The van der Waals surface area contributed by atoms with Gasteiger partial charge in [-0.05, 0) is 31.9 Å². The van der Waals surface area contributed by atoms with Crippen molar-refractivity contribution >= 4 is 11.7 Å². The second kappa shape index (κ2) is 7.78. The molecule has 1 rings (SSSR count). The van der Waals surface area contributed by atoms with Crippen LogP contribution in [0.2, 0.25) is 0 Å². The third-order valence-electron chi connectivity index (χ3n) is 2.88. The number of hydrogen-bond donors (Lipinski definition) is 2. The average Bonchev–Trinajstić information content (AvgIpc) is 2.39. The molecular formula is C14H20F2N2O3. The Labute approximate surface area is 122 Å². The predicted octanol–water partition coefficient (Wildman–Crippen LogP) is 2.83. The molecule has 0 bridgehead atoms. The minimum absolute atomic E-state index is 0.0226. The van der Waals surface area contributed by atoms with Gasteiger partial charge in [-0.2, -0.15) is 8.78 Å². The number of aryl methyl sites for hydroxylation is 1. The molecule has 1 aromatic carbocycles. The van der Waals surface area contributed by atoms with E-state index in [2.05, 4.69) is 10.1 Å². The number of amides is 2. The first-order valence-corrected chi connectivity index (χ1v) is 6.55. The molecule has 0 aliphatic heterocycles. The maximum absolute atomic E-state index is 12.3. The van der Waals surface area contributed by atoms with E-state index in [9.17, 15) is 18.7 Å². The molecule has 5 nitrogen and oxygen atoms in total. The molecule has 0 heterocycles. The third-order valence-corrected chi connectivity index (χ3v) is 2.88. The summed E-state index contributed by atoms with van der Waals surface area (Å²) in [7, 11) is 1.59. The van der Waals surface area contributed by atoms with Crippen LogP contribution in [0.1, 0.15) is 18.9 Å². The van der Waals surface area contributed by atoms with Gasteiger partial charge in [0.1, 0.15) is 5.75 Å². The normalized spacial score (nSPS) is 12.1. The first kappa shape index (κ1) is 17.2. The molecule has 118 valence electrons. The highest BCUT2D eigenvalue weighted by molar-refractivity contribution is 5.89. The van der Waals surface area contributed by atoms with E-state index >= 15 is 0 Å². The summed E-state index contributed by atoms with van der Waals surface area (Å²) < 4.78 is 28.9. The van der Waals surface area contributed by atoms with Gasteiger partial charge in [-0.1, -0.05) is 6.07 Å². The van der Waals surface area contributed by atoms with Crippen molar-refractivity contribution in [1.82, 2.24) is 4.90 Å². The van der Waals surface area contributed by atoms with Gasteiger partial charge in [0, 0.05) is 25.3 Å². The van der Waals surface area contributed by atoms with Crippen LogP contribution >= 0.6 is 0 Å². The molecule has 1 unspecified atom stereocenters. The van der Waals surface area contributed by atoms with Gasteiger partial charge in [0.2, 0.25) is 0 Å². The van der Waals surface area contributed by atoms with Crippen LogP contribution in [0, 0.1) is 6.92 Å². The number of aliphatic hydroxyl groups is 1. The number of ether oxygens (including phenoxy) is 1. The Morgan fingerprint density at radius 2 is 2.14 bits per heavy atom. The molecule has 21 heavy (non-hydrogen) atoms. The molecule has 1 aromatic rings. The molecular weight excluding hydrogens is 282 g/mol. The van der Waals surface area contributed by atoms with Gasteiger partial charge in [0.05, 0.1) is 6.10 Å². The van der Waals surface area contributed by atoms with Crippen molar-refractivity contribution in [1.29, 1.82) is 0 Å². The topological polar surface area (TPSA) is 61.8 Å². The van der Waals surface area contributed by atoms with E-state index < -0.39 is 12.7 Å². The summed E-state index contributed by atoms with van der Waals surface area (Å²) in [5, 5.41) is 11.8. The minimum Gasteiger partial charge on any atom is -0.434 e. The second-order valence-electron chi connectivity index (χ2n) is 4.85. The summed E-state index contributed by atoms with van der Waals surface area (Å²) in [6.45, 7) is 0.747. The summed E-state index contributed by atoms with van der Waals surface area (Å²) in [4.78, 5) is 13.3. The Hall–Kier alpha value is -1.89. The SMILES string of the molecule is Cc1ccc(NC(=O)N(C)CCC(C)O)cc1OC(F)F. The van der Waals surface area contributed by atoms with Crippen molar-refractivity contribution in [2.75, 3.05) is 18.9 Å². The fourth-order valence-corrected chi connectivity index (χ4v) is 1.60. The van der Waals surface area contributed by atoms with Crippen molar-refractivity contribution in [2.24, 2.45) is 0 Å². The molecule has 1 atom stereocenters. The fraction of sp³-hybridized carbons (Fsp3) is 0.500. The zero-order valence-electron chi connectivity index (χ0n) is 12.3. The zero-order chi connectivity index (χ0) is 16.0. The van der Waals surface area contributed by atoms with Crippen molar-refractivity contribution in [3.05, 3.63) is 23.8 Å². The Bertz CT molecular complexity index is 481. The van der Waals surface area contributed by atoms with Crippen molar-refractivity contribution in [3.63, 3.8) is 0 Å². The molecule has 0 saturated carbocycles. The quantitative estimate of drug-likeness (QED) is 0.849. The number of nitrogens with one attached hydrogen (secondary N) is 1. The molecule has 7 heteroatoms. The lowest BCUT2D eigenvalue weighted by atomic mass is 10.2. The van der Waals surface area contributed by atoms with Crippen molar-refractivity contribution in [2.45, 2.75) is 33.0 Å². The molecule has 0 spiro atoms. The molecule has 0 aliphatic rings. The average molecular weight is 302 g/mol. The number of nitrogens with zero attached hydrogens (tertiary/aromatic N) is 1. The van der Waals surface area contributed by atoms with E-state index in [0.29, 0.717) is 24.2 Å². The van der Waals surface area contributed by atoms with E-state index in [1.807, 2.05) is 0 Å². The number of hydrogen-bond acceptors (Lipinski definition) is 3. The van der Waals surface area contributed by atoms with Crippen LogP contribution in [0.3, 0.4) is 0 Å². The number of halogens is 2. The Balaban J connectivity index is 2.67. The Morgan fingerprint density at radius 3 is 2.71 bits per heavy atom.